The van der Waals surface area contributed by atoms with E-state index in [9.17, 15) is 26.4 Å². The molecule has 164 valence electrons. The van der Waals surface area contributed by atoms with Gasteiger partial charge in [0.1, 0.15) is 0 Å². The highest BCUT2D eigenvalue weighted by molar-refractivity contribution is 7.87. The van der Waals surface area contributed by atoms with Crippen molar-refractivity contribution in [1.82, 2.24) is 19.7 Å². The third-order valence-corrected chi connectivity index (χ3v) is 6.11. The molecule has 0 saturated heterocycles. The maximum absolute atomic E-state index is 13.1. The van der Waals surface area contributed by atoms with E-state index in [2.05, 4.69) is 14.3 Å². The van der Waals surface area contributed by atoms with Gasteiger partial charge in [-0.25, -0.2) is 4.68 Å². The molecule has 3 aromatic rings. The fourth-order valence-electron chi connectivity index (χ4n) is 3.62. The van der Waals surface area contributed by atoms with Crippen LogP contribution in [0.15, 0.2) is 36.5 Å². The van der Waals surface area contributed by atoms with Crippen LogP contribution in [-0.4, -0.2) is 46.0 Å². The van der Waals surface area contributed by atoms with Gasteiger partial charge in [-0.15, -0.1) is 0 Å². The number of aromatic nitrogens is 3. The summed E-state index contributed by atoms with van der Waals surface area (Å²) in [6.07, 6.45) is 1.74. The highest BCUT2D eigenvalue weighted by Crippen LogP contribution is 2.37. The Labute approximate surface area is 175 Å². The zero-order chi connectivity index (χ0) is 22.6. The Morgan fingerprint density at radius 3 is 2.71 bits per heavy atom. The monoisotopic (exact) mass is 454 g/mol. The first kappa shape index (κ1) is 21.1. The molecule has 0 spiro atoms. The average molecular weight is 454 g/mol. The summed E-state index contributed by atoms with van der Waals surface area (Å²) in [6.45, 7) is 1.83. The fourth-order valence-corrected chi connectivity index (χ4v) is 4.13. The fraction of sp³-hybridized carbons (Fsp3) is 0.316. The molecule has 1 aliphatic heterocycles. The highest BCUT2D eigenvalue weighted by Gasteiger charge is 2.50. The Morgan fingerprint density at radius 1 is 1.26 bits per heavy atom. The van der Waals surface area contributed by atoms with Crippen LogP contribution < -0.4 is 4.18 Å². The lowest BCUT2D eigenvalue weighted by atomic mass is 9.99. The summed E-state index contributed by atoms with van der Waals surface area (Å²) in [7, 11) is -4.55. The number of pyridine rings is 1. The summed E-state index contributed by atoms with van der Waals surface area (Å²) in [4.78, 5) is 18.9. The average Bonchev–Trinajstić information content (AvgIpc) is 3.02. The zero-order valence-corrected chi connectivity index (χ0v) is 17.2. The molecule has 4 rings (SSSR count). The van der Waals surface area contributed by atoms with Crippen molar-refractivity contribution < 1.29 is 30.6 Å². The molecule has 12 heteroatoms. The van der Waals surface area contributed by atoms with E-state index in [4.69, 9.17) is 0 Å². The first-order chi connectivity index (χ1) is 14.5. The lowest BCUT2D eigenvalue weighted by molar-refractivity contribution is -0.0502. The van der Waals surface area contributed by atoms with Crippen molar-refractivity contribution in [2.75, 3.05) is 6.54 Å². The number of aryl methyl sites for hydroxylation is 1. The Bertz CT molecular complexity index is 1290. The molecule has 31 heavy (non-hydrogen) atoms. The van der Waals surface area contributed by atoms with E-state index in [0.29, 0.717) is 5.56 Å². The second-order valence-corrected chi connectivity index (χ2v) is 8.65. The number of rotatable bonds is 3. The Morgan fingerprint density at radius 2 is 2.00 bits per heavy atom. The minimum absolute atomic E-state index is 0.0943. The van der Waals surface area contributed by atoms with Crippen LogP contribution in [0.2, 0.25) is 0 Å². The molecule has 0 saturated carbocycles. The third-order valence-electron chi connectivity index (χ3n) is 5.17. The maximum Gasteiger partial charge on any atom is 0.534 e. The molecule has 0 radical (unpaired) electrons. The molecular weight excluding hydrogens is 437 g/mol. The number of carbonyl (C=O) groups excluding carboxylic acids is 1. The Hall–Kier alpha value is -3.15. The van der Waals surface area contributed by atoms with Crippen molar-refractivity contribution in [3.05, 3.63) is 53.3 Å². The predicted octanol–water partition coefficient (Wildman–Crippen LogP) is 2.96. The number of nitrogens with zero attached hydrogens (tertiary/aromatic N) is 4. The minimum Gasteiger partial charge on any atom is -0.355 e. The SMILES string of the molecule is C[C@H]1c2nn(C)c(OS(=O)(=O)C(F)(F)F)c2CCN1C(=O)c1ccc2ncccc2c1. The third kappa shape index (κ3) is 3.60. The summed E-state index contributed by atoms with van der Waals surface area (Å²) in [5.74, 6) is -0.775. The van der Waals surface area contributed by atoms with Gasteiger partial charge in [-0.05, 0) is 37.6 Å². The lowest BCUT2D eigenvalue weighted by Gasteiger charge is -2.32. The van der Waals surface area contributed by atoms with Crippen molar-refractivity contribution in [2.24, 2.45) is 7.05 Å². The molecule has 0 unspecified atom stereocenters. The van der Waals surface area contributed by atoms with Crippen LogP contribution in [0, 0.1) is 0 Å². The van der Waals surface area contributed by atoms with Crippen LogP contribution >= 0.6 is 0 Å². The van der Waals surface area contributed by atoms with Gasteiger partial charge in [0.2, 0.25) is 5.88 Å². The molecular formula is C19H17F3N4O4S. The van der Waals surface area contributed by atoms with Gasteiger partial charge >= 0.3 is 15.6 Å². The highest BCUT2D eigenvalue weighted by atomic mass is 32.2. The number of carbonyl (C=O) groups is 1. The van der Waals surface area contributed by atoms with E-state index in [1.807, 2.05) is 6.07 Å². The number of alkyl halides is 3. The molecule has 1 atom stereocenters. The second kappa shape index (κ2) is 7.22. The summed E-state index contributed by atoms with van der Waals surface area (Å²) in [6, 6.07) is 8.10. The van der Waals surface area contributed by atoms with Crippen LogP contribution in [-0.2, 0) is 23.6 Å². The molecule has 1 aromatic carbocycles. The van der Waals surface area contributed by atoms with Crippen molar-refractivity contribution >= 4 is 26.9 Å². The van der Waals surface area contributed by atoms with Crippen LogP contribution in [0.4, 0.5) is 13.2 Å². The van der Waals surface area contributed by atoms with Crippen molar-refractivity contribution in [3.63, 3.8) is 0 Å². The first-order valence-electron chi connectivity index (χ1n) is 9.22. The van der Waals surface area contributed by atoms with Crippen LogP contribution in [0.3, 0.4) is 0 Å². The van der Waals surface area contributed by atoms with Gasteiger partial charge in [0.25, 0.3) is 5.91 Å². The molecule has 0 aliphatic carbocycles. The second-order valence-electron chi connectivity index (χ2n) is 7.11. The Balaban J connectivity index is 1.64. The number of halogens is 3. The van der Waals surface area contributed by atoms with Gasteiger partial charge in [-0.2, -0.15) is 26.7 Å². The predicted molar refractivity (Wildman–Crippen MR) is 104 cm³/mol. The minimum atomic E-state index is -5.84. The molecule has 1 aliphatic rings. The summed E-state index contributed by atoms with van der Waals surface area (Å²) in [5, 5.41) is 4.93. The first-order valence-corrected chi connectivity index (χ1v) is 10.6. The number of hydrogen-bond donors (Lipinski definition) is 0. The van der Waals surface area contributed by atoms with Crippen LogP contribution in [0.5, 0.6) is 5.88 Å². The summed E-state index contributed by atoms with van der Waals surface area (Å²) < 4.78 is 66.4. The van der Waals surface area contributed by atoms with E-state index in [1.165, 1.54) is 11.9 Å². The number of amides is 1. The van der Waals surface area contributed by atoms with E-state index < -0.39 is 27.5 Å². The molecule has 0 fully saturated rings. The van der Waals surface area contributed by atoms with Gasteiger partial charge in [0, 0.05) is 36.3 Å². The van der Waals surface area contributed by atoms with Crippen molar-refractivity contribution in [1.29, 1.82) is 0 Å². The number of fused-ring (bicyclic) bond motifs is 2. The maximum atomic E-state index is 13.1. The summed E-state index contributed by atoms with van der Waals surface area (Å²) in [5.41, 5.74) is -3.86. The van der Waals surface area contributed by atoms with E-state index in [0.717, 1.165) is 15.6 Å². The lowest BCUT2D eigenvalue weighted by Crippen LogP contribution is -2.39. The Kier molecular flexibility index (Phi) is 4.91. The van der Waals surface area contributed by atoms with E-state index in [1.54, 1.807) is 37.4 Å². The number of benzene rings is 1. The van der Waals surface area contributed by atoms with Crippen molar-refractivity contribution in [3.8, 4) is 5.88 Å². The molecule has 1 amide bonds. The molecule has 0 N–H and O–H groups in total. The molecule has 0 bridgehead atoms. The van der Waals surface area contributed by atoms with Gasteiger partial charge in [0.05, 0.1) is 17.3 Å². The van der Waals surface area contributed by atoms with E-state index in [-0.39, 0.29) is 30.1 Å². The van der Waals surface area contributed by atoms with Gasteiger partial charge in [-0.1, -0.05) is 6.07 Å². The zero-order valence-electron chi connectivity index (χ0n) is 16.4. The number of hydrogen-bond acceptors (Lipinski definition) is 6. The van der Waals surface area contributed by atoms with Crippen molar-refractivity contribution in [2.45, 2.75) is 24.9 Å². The smallest absolute Gasteiger partial charge is 0.355 e. The quantitative estimate of drug-likeness (QED) is 0.446. The van der Waals surface area contributed by atoms with Gasteiger partial charge in [0.15, 0.2) is 0 Å². The van der Waals surface area contributed by atoms with E-state index >= 15 is 0 Å². The van der Waals surface area contributed by atoms with Crippen LogP contribution in [0.1, 0.15) is 34.6 Å². The normalized spacial score (nSPS) is 16.9. The van der Waals surface area contributed by atoms with Gasteiger partial charge in [-0.3, -0.25) is 9.78 Å². The van der Waals surface area contributed by atoms with Gasteiger partial charge < -0.3 is 9.08 Å². The molecule has 8 nitrogen and oxygen atoms in total. The largest absolute Gasteiger partial charge is 0.534 e. The molecule has 3 heterocycles. The topological polar surface area (TPSA) is 94.4 Å². The molecule has 2 aromatic heterocycles. The van der Waals surface area contributed by atoms with Crippen LogP contribution in [0.25, 0.3) is 10.9 Å². The standard InChI is InChI=1S/C19H17F3N4O4S/c1-11-16-14(18(25(2)24-16)30-31(28,29)19(20,21)22)7-9-26(11)17(27)13-5-6-15-12(10-13)4-3-8-23-15/h3-6,8,10-11H,7,9H2,1-2H3/t11-/m0/s1. The summed E-state index contributed by atoms with van der Waals surface area (Å²) >= 11 is 0.